The number of hydrogen-bond donors (Lipinski definition) is 1. The van der Waals surface area contributed by atoms with Crippen LogP contribution in [-0.2, 0) is 6.54 Å². The summed E-state index contributed by atoms with van der Waals surface area (Å²) in [6.07, 6.45) is 0. The summed E-state index contributed by atoms with van der Waals surface area (Å²) >= 11 is 3.37. The van der Waals surface area contributed by atoms with Gasteiger partial charge in [-0.1, -0.05) is 28.1 Å². The molecule has 0 heterocycles. The van der Waals surface area contributed by atoms with Gasteiger partial charge in [0.15, 0.2) is 0 Å². The fourth-order valence-electron chi connectivity index (χ4n) is 1.53. The van der Waals surface area contributed by atoms with Crippen molar-refractivity contribution in [2.45, 2.75) is 6.54 Å². The van der Waals surface area contributed by atoms with Crippen molar-refractivity contribution in [3.05, 3.63) is 63.9 Å². The molecular weight excluding hydrogens is 295 g/mol. The molecule has 4 heteroatoms. The number of halogens is 2. The van der Waals surface area contributed by atoms with Crippen LogP contribution < -0.4 is 5.32 Å². The van der Waals surface area contributed by atoms with Crippen LogP contribution in [0.2, 0.25) is 0 Å². The monoisotopic (exact) mass is 304 g/mol. The van der Waals surface area contributed by atoms with Crippen LogP contribution in [0.25, 0.3) is 0 Å². The summed E-state index contributed by atoms with van der Waals surface area (Å²) in [5.74, 6) is -0.494. The van der Waals surface area contributed by atoms with E-state index in [4.69, 9.17) is 5.26 Å². The number of nitrogens with zero attached hydrogens (tertiary/aromatic N) is 1. The Morgan fingerprint density at radius 2 is 1.89 bits per heavy atom. The molecule has 0 spiro atoms. The normalized spacial score (nSPS) is 9.83. The summed E-state index contributed by atoms with van der Waals surface area (Å²) in [4.78, 5) is 0. The Balaban J connectivity index is 2.06. The Hall–Kier alpha value is -1.86. The molecule has 2 rings (SSSR count). The van der Waals surface area contributed by atoms with Gasteiger partial charge in [0.25, 0.3) is 0 Å². The quantitative estimate of drug-likeness (QED) is 0.927. The molecule has 0 radical (unpaired) electrons. The van der Waals surface area contributed by atoms with Gasteiger partial charge in [0, 0.05) is 16.7 Å². The van der Waals surface area contributed by atoms with Crippen molar-refractivity contribution in [3.63, 3.8) is 0 Å². The van der Waals surface area contributed by atoms with Crippen LogP contribution in [0.1, 0.15) is 11.1 Å². The van der Waals surface area contributed by atoms with E-state index in [1.165, 1.54) is 12.1 Å². The Morgan fingerprint density at radius 3 is 2.56 bits per heavy atom. The van der Waals surface area contributed by atoms with Gasteiger partial charge < -0.3 is 5.32 Å². The Morgan fingerprint density at radius 1 is 1.17 bits per heavy atom. The second-order valence-electron chi connectivity index (χ2n) is 3.79. The Bertz CT molecular complexity index is 588. The lowest BCUT2D eigenvalue weighted by Crippen LogP contribution is -2.00. The van der Waals surface area contributed by atoms with E-state index in [1.54, 1.807) is 6.07 Å². The minimum absolute atomic E-state index is 0.0517. The SMILES string of the molecule is N#Cc1cc(NCc2ccc(Br)cc2)ccc1F. The fourth-order valence-corrected chi connectivity index (χ4v) is 1.79. The average molecular weight is 305 g/mol. The van der Waals surface area contributed by atoms with Gasteiger partial charge in [-0.2, -0.15) is 5.26 Å². The van der Waals surface area contributed by atoms with E-state index in [-0.39, 0.29) is 5.56 Å². The molecule has 90 valence electrons. The highest BCUT2D eigenvalue weighted by Crippen LogP contribution is 2.16. The summed E-state index contributed by atoms with van der Waals surface area (Å²) in [5, 5.41) is 11.9. The zero-order valence-electron chi connectivity index (χ0n) is 9.45. The molecule has 0 aliphatic rings. The highest BCUT2D eigenvalue weighted by molar-refractivity contribution is 9.10. The lowest BCUT2D eigenvalue weighted by molar-refractivity contribution is 0.624. The van der Waals surface area contributed by atoms with Crippen LogP contribution in [0.4, 0.5) is 10.1 Å². The Labute approximate surface area is 113 Å². The molecule has 0 saturated heterocycles. The van der Waals surface area contributed by atoms with Crippen LogP contribution in [0.5, 0.6) is 0 Å². The number of nitrogens with one attached hydrogen (secondary N) is 1. The molecule has 0 atom stereocenters. The van der Waals surface area contributed by atoms with Gasteiger partial charge >= 0.3 is 0 Å². The molecule has 0 aliphatic carbocycles. The predicted molar refractivity (Wildman–Crippen MR) is 72.6 cm³/mol. The van der Waals surface area contributed by atoms with Crippen molar-refractivity contribution >= 4 is 21.6 Å². The van der Waals surface area contributed by atoms with Crippen LogP contribution >= 0.6 is 15.9 Å². The topological polar surface area (TPSA) is 35.8 Å². The number of benzene rings is 2. The average Bonchev–Trinajstić information content (AvgIpc) is 2.39. The molecule has 0 amide bonds. The maximum atomic E-state index is 13.1. The molecule has 2 aromatic carbocycles. The van der Waals surface area contributed by atoms with E-state index in [9.17, 15) is 4.39 Å². The first-order valence-corrected chi connectivity index (χ1v) is 6.16. The molecule has 0 fully saturated rings. The van der Waals surface area contributed by atoms with Gasteiger partial charge in [0.05, 0.1) is 5.56 Å². The maximum Gasteiger partial charge on any atom is 0.141 e. The molecule has 2 aromatic rings. The number of hydrogen-bond acceptors (Lipinski definition) is 2. The van der Waals surface area contributed by atoms with Crippen molar-refractivity contribution in [2.75, 3.05) is 5.32 Å². The van der Waals surface area contributed by atoms with Crippen molar-refractivity contribution in [1.82, 2.24) is 0 Å². The van der Waals surface area contributed by atoms with Crippen molar-refractivity contribution in [3.8, 4) is 6.07 Å². The second-order valence-corrected chi connectivity index (χ2v) is 4.70. The van der Waals surface area contributed by atoms with Gasteiger partial charge in [-0.3, -0.25) is 0 Å². The van der Waals surface area contributed by atoms with E-state index < -0.39 is 5.82 Å². The van der Waals surface area contributed by atoms with E-state index in [0.717, 1.165) is 15.7 Å². The Kier molecular flexibility index (Phi) is 3.96. The van der Waals surface area contributed by atoms with E-state index >= 15 is 0 Å². The van der Waals surface area contributed by atoms with Crippen LogP contribution in [0, 0.1) is 17.1 Å². The third-order valence-electron chi connectivity index (χ3n) is 2.50. The lowest BCUT2D eigenvalue weighted by atomic mass is 10.2. The molecule has 18 heavy (non-hydrogen) atoms. The summed E-state index contributed by atoms with van der Waals surface area (Å²) in [7, 11) is 0. The standard InChI is InChI=1S/C14H10BrFN2/c15-12-3-1-10(2-4-12)9-18-13-5-6-14(16)11(7-13)8-17/h1-7,18H,9H2. The molecule has 0 saturated carbocycles. The van der Waals surface area contributed by atoms with Crippen LogP contribution in [0.15, 0.2) is 46.9 Å². The third-order valence-corrected chi connectivity index (χ3v) is 3.03. The minimum Gasteiger partial charge on any atom is -0.381 e. The van der Waals surface area contributed by atoms with Crippen molar-refractivity contribution in [1.29, 1.82) is 5.26 Å². The van der Waals surface area contributed by atoms with Gasteiger partial charge in [-0.15, -0.1) is 0 Å². The highest BCUT2D eigenvalue weighted by atomic mass is 79.9. The summed E-state index contributed by atoms with van der Waals surface area (Å²) in [5.41, 5.74) is 1.90. The first-order valence-electron chi connectivity index (χ1n) is 5.37. The van der Waals surface area contributed by atoms with E-state index in [0.29, 0.717) is 6.54 Å². The summed E-state index contributed by atoms with van der Waals surface area (Å²) in [6, 6.07) is 14.1. The maximum absolute atomic E-state index is 13.1. The van der Waals surface area contributed by atoms with Crippen LogP contribution in [-0.4, -0.2) is 0 Å². The zero-order chi connectivity index (χ0) is 13.0. The van der Waals surface area contributed by atoms with Crippen LogP contribution in [0.3, 0.4) is 0 Å². The first-order chi connectivity index (χ1) is 8.69. The molecular formula is C14H10BrFN2. The zero-order valence-corrected chi connectivity index (χ0v) is 11.0. The lowest BCUT2D eigenvalue weighted by Gasteiger charge is -2.07. The van der Waals surface area contributed by atoms with E-state index in [1.807, 2.05) is 30.3 Å². The molecule has 0 unspecified atom stereocenters. The molecule has 0 aromatic heterocycles. The van der Waals surface area contributed by atoms with Gasteiger partial charge in [-0.05, 0) is 35.9 Å². The number of nitriles is 1. The smallest absolute Gasteiger partial charge is 0.141 e. The number of rotatable bonds is 3. The fraction of sp³-hybridized carbons (Fsp3) is 0.0714. The van der Waals surface area contributed by atoms with Gasteiger partial charge in [0.2, 0.25) is 0 Å². The van der Waals surface area contributed by atoms with E-state index in [2.05, 4.69) is 21.2 Å². The van der Waals surface area contributed by atoms with Gasteiger partial charge in [0.1, 0.15) is 11.9 Å². The minimum atomic E-state index is -0.494. The van der Waals surface area contributed by atoms with Gasteiger partial charge in [-0.25, -0.2) is 4.39 Å². The highest BCUT2D eigenvalue weighted by Gasteiger charge is 2.02. The predicted octanol–water partition coefficient (Wildman–Crippen LogP) is 4.07. The molecule has 1 N–H and O–H groups in total. The second kappa shape index (κ2) is 5.65. The largest absolute Gasteiger partial charge is 0.381 e. The molecule has 0 aliphatic heterocycles. The third kappa shape index (κ3) is 3.08. The van der Waals surface area contributed by atoms with Crippen molar-refractivity contribution in [2.24, 2.45) is 0 Å². The molecule has 0 bridgehead atoms. The summed E-state index contributed by atoms with van der Waals surface area (Å²) < 4.78 is 14.1. The van der Waals surface area contributed by atoms with Crippen molar-refractivity contribution < 1.29 is 4.39 Å². The summed E-state index contributed by atoms with van der Waals surface area (Å²) in [6.45, 7) is 0.629. The first kappa shape index (κ1) is 12.6. The molecule has 2 nitrogen and oxygen atoms in total. The number of anilines is 1.